The van der Waals surface area contributed by atoms with Crippen LogP contribution in [-0.2, 0) is 6.54 Å². The van der Waals surface area contributed by atoms with Gasteiger partial charge in [0.2, 0.25) is 12.5 Å². The average Bonchev–Trinajstić information content (AvgIpc) is 3.21. The first kappa shape index (κ1) is 20.5. The third-order valence-electron chi connectivity index (χ3n) is 5.49. The molecule has 0 bridgehead atoms. The van der Waals surface area contributed by atoms with Gasteiger partial charge >= 0.3 is 0 Å². The standard InChI is InChI=1S/C24H29NO5/c1-16(2)30-20-8-4-6-18(12-20)23(26)19-7-5-9-25(14-19)13-17-10-21(27-3)24-22(11-17)28-15-29-24/h4,6,8,10-12,16,19H,5,7,9,13-15H2,1-3H3/t19-/m1/s1. The third kappa shape index (κ3) is 4.54. The summed E-state index contributed by atoms with van der Waals surface area (Å²) >= 11 is 0. The van der Waals surface area contributed by atoms with Crippen LogP contribution in [0.4, 0.5) is 0 Å². The van der Waals surface area contributed by atoms with Crippen LogP contribution in [0.1, 0.15) is 42.6 Å². The molecule has 0 spiro atoms. The van der Waals surface area contributed by atoms with Crippen molar-refractivity contribution in [1.82, 2.24) is 4.90 Å². The molecule has 1 atom stereocenters. The molecule has 160 valence electrons. The second kappa shape index (κ2) is 8.96. The summed E-state index contributed by atoms with van der Waals surface area (Å²) < 4.78 is 22.2. The molecule has 0 saturated carbocycles. The van der Waals surface area contributed by atoms with E-state index in [1.807, 2.05) is 50.2 Å². The van der Waals surface area contributed by atoms with Gasteiger partial charge in [0, 0.05) is 24.6 Å². The second-order valence-electron chi connectivity index (χ2n) is 8.16. The van der Waals surface area contributed by atoms with Crippen LogP contribution in [0.15, 0.2) is 36.4 Å². The van der Waals surface area contributed by atoms with Gasteiger partial charge < -0.3 is 18.9 Å². The van der Waals surface area contributed by atoms with Gasteiger partial charge in [0.05, 0.1) is 13.2 Å². The highest BCUT2D eigenvalue weighted by Crippen LogP contribution is 2.42. The van der Waals surface area contributed by atoms with Crippen LogP contribution in [0.5, 0.6) is 23.0 Å². The molecular weight excluding hydrogens is 382 g/mol. The van der Waals surface area contributed by atoms with Crippen LogP contribution in [0.3, 0.4) is 0 Å². The van der Waals surface area contributed by atoms with Gasteiger partial charge in [-0.15, -0.1) is 0 Å². The molecule has 1 saturated heterocycles. The molecular formula is C24H29NO5. The maximum absolute atomic E-state index is 13.2. The first-order chi connectivity index (χ1) is 14.5. The van der Waals surface area contributed by atoms with Crippen molar-refractivity contribution < 1.29 is 23.7 Å². The summed E-state index contributed by atoms with van der Waals surface area (Å²) in [6.45, 7) is 6.64. The highest BCUT2D eigenvalue weighted by Gasteiger charge is 2.28. The van der Waals surface area contributed by atoms with Gasteiger partial charge in [0.15, 0.2) is 17.3 Å². The van der Waals surface area contributed by atoms with E-state index < -0.39 is 0 Å². The number of fused-ring (bicyclic) bond motifs is 1. The lowest BCUT2D eigenvalue weighted by atomic mass is 9.89. The summed E-state index contributed by atoms with van der Waals surface area (Å²) in [4.78, 5) is 15.5. The number of piperidine rings is 1. The molecule has 2 aliphatic rings. The van der Waals surface area contributed by atoms with Crippen molar-refractivity contribution >= 4 is 5.78 Å². The summed E-state index contributed by atoms with van der Waals surface area (Å²) in [5.41, 5.74) is 1.82. The summed E-state index contributed by atoms with van der Waals surface area (Å²) in [5.74, 6) is 3.00. The lowest BCUT2D eigenvalue weighted by Gasteiger charge is -2.32. The van der Waals surface area contributed by atoms with Gasteiger partial charge in [-0.3, -0.25) is 9.69 Å². The molecule has 2 aliphatic heterocycles. The fourth-order valence-electron chi connectivity index (χ4n) is 4.18. The number of hydrogen-bond donors (Lipinski definition) is 0. The van der Waals surface area contributed by atoms with E-state index in [-0.39, 0.29) is 24.6 Å². The van der Waals surface area contributed by atoms with Gasteiger partial charge in [0.1, 0.15) is 5.75 Å². The van der Waals surface area contributed by atoms with E-state index in [1.165, 1.54) is 0 Å². The van der Waals surface area contributed by atoms with E-state index in [1.54, 1.807) is 7.11 Å². The molecule has 6 nitrogen and oxygen atoms in total. The molecule has 2 heterocycles. The zero-order chi connectivity index (χ0) is 21.1. The normalized spacial score (nSPS) is 18.5. The Balaban J connectivity index is 1.44. The zero-order valence-electron chi connectivity index (χ0n) is 17.8. The van der Waals surface area contributed by atoms with Crippen molar-refractivity contribution in [3.8, 4) is 23.0 Å². The van der Waals surface area contributed by atoms with Crippen molar-refractivity contribution in [3.05, 3.63) is 47.5 Å². The maximum Gasteiger partial charge on any atom is 0.231 e. The molecule has 1 fully saturated rings. The lowest BCUT2D eigenvalue weighted by Crippen LogP contribution is -2.38. The molecule has 2 aromatic rings. The van der Waals surface area contributed by atoms with Crippen LogP contribution < -0.4 is 18.9 Å². The Hall–Kier alpha value is -2.73. The molecule has 0 amide bonds. The fourth-order valence-corrected chi connectivity index (χ4v) is 4.18. The summed E-state index contributed by atoms with van der Waals surface area (Å²) in [6, 6.07) is 11.5. The molecule has 2 aromatic carbocycles. The topological polar surface area (TPSA) is 57.2 Å². The first-order valence-electron chi connectivity index (χ1n) is 10.5. The van der Waals surface area contributed by atoms with Gasteiger partial charge in [-0.25, -0.2) is 0 Å². The predicted octanol–water partition coefficient (Wildman–Crippen LogP) is 4.31. The molecule has 0 unspecified atom stereocenters. The number of carbonyl (C=O) groups excluding carboxylic acids is 1. The Bertz CT molecular complexity index is 910. The highest BCUT2D eigenvalue weighted by molar-refractivity contribution is 5.98. The second-order valence-corrected chi connectivity index (χ2v) is 8.16. The van der Waals surface area contributed by atoms with Crippen molar-refractivity contribution in [3.63, 3.8) is 0 Å². The van der Waals surface area contributed by atoms with E-state index >= 15 is 0 Å². The van der Waals surface area contributed by atoms with E-state index in [4.69, 9.17) is 18.9 Å². The van der Waals surface area contributed by atoms with Crippen LogP contribution in [0.25, 0.3) is 0 Å². The Morgan fingerprint density at radius 2 is 2.10 bits per heavy atom. The number of benzene rings is 2. The van der Waals surface area contributed by atoms with Crippen LogP contribution in [-0.4, -0.2) is 43.8 Å². The largest absolute Gasteiger partial charge is 0.493 e. The number of rotatable bonds is 7. The lowest BCUT2D eigenvalue weighted by molar-refractivity contribution is 0.0810. The highest BCUT2D eigenvalue weighted by atomic mass is 16.7. The monoisotopic (exact) mass is 411 g/mol. The minimum Gasteiger partial charge on any atom is -0.493 e. The molecule has 0 N–H and O–H groups in total. The van der Waals surface area contributed by atoms with Gasteiger partial charge in [0.25, 0.3) is 0 Å². The first-order valence-corrected chi connectivity index (χ1v) is 10.5. The third-order valence-corrected chi connectivity index (χ3v) is 5.49. The Labute approximate surface area is 177 Å². The summed E-state index contributed by atoms with van der Waals surface area (Å²) in [5, 5.41) is 0. The Morgan fingerprint density at radius 1 is 1.23 bits per heavy atom. The summed E-state index contributed by atoms with van der Waals surface area (Å²) in [7, 11) is 1.63. The van der Waals surface area contributed by atoms with E-state index in [0.29, 0.717) is 11.5 Å². The smallest absolute Gasteiger partial charge is 0.231 e. The van der Waals surface area contributed by atoms with Crippen LogP contribution >= 0.6 is 0 Å². The molecule has 6 heteroatoms. The van der Waals surface area contributed by atoms with Crippen molar-refractivity contribution in [2.45, 2.75) is 39.3 Å². The summed E-state index contributed by atoms with van der Waals surface area (Å²) in [6.07, 6.45) is 1.99. The van der Waals surface area contributed by atoms with E-state index in [9.17, 15) is 4.79 Å². The number of nitrogens with zero attached hydrogens (tertiary/aromatic N) is 1. The number of Topliss-reactive ketones (excluding diaryl/α,β-unsaturated/α-hetero) is 1. The van der Waals surface area contributed by atoms with Gasteiger partial charge in [-0.2, -0.15) is 0 Å². The minimum atomic E-state index is -0.0102. The van der Waals surface area contributed by atoms with Gasteiger partial charge in [-0.1, -0.05) is 12.1 Å². The maximum atomic E-state index is 13.2. The number of carbonyl (C=O) groups is 1. The number of ketones is 1. The van der Waals surface area contributed by atoms with Crippen molar-refractivity contribution in [2.24, 2.45) is 5.92 Å². The van der Waals surface area contributed by atoms with E-state index in [0.717, 1.165) is 55.1 Å². The van der Waals surface area contributed by atoms with Crippen LogP contribution in [0, 0.1) is 5.92 Å². The Kier molecular flexibility index (Phi) is 6.13. The molecule has 0 aromatic heterocycles. The number of methoxy groups -OCH3 is 1. The van der Waals surface area contributed by atoms with Crippen molar-refractivity contribution in [2.75, 3.05) is 27.0 Å². The number of likely N-dealkylation sites (tertiary alicyclic amines) is 1. The fraction of sp³-hybridized carbons (Fsp3) is 0.458. The predicted molar refractivity (Wildman–Crippen MR) is 114 cm³/mol. The van der Waals surface area contributed by atoms with Crippen molar-refractivity contribution in [1.29, 1.82) is 0 Å². The molecule has 0 aliphatic carbocycles. The minimum absolute atomic E-state index is 0.0102. The number of hydrogen-bond acceptors (Lipinski definition) is 6. The van der Waals surface area contributed by atoms with Gasteiger partial charge in [-0.05, 0) is 63.1 Å². The quantitative estimate of drug-likeness (QED) is 0.633. The SMILES string of the molecule is COc1cc(CN2CCC[C@@H](C(=O)c3cccc(OC(C)C)c3)C2)cc2c1OCO2. The molecule has 4 rings (SSSR count). The average molecular weight is 411 g/mol. The van der Waals surface area contributed by atoms with Crippen LogP contribution in [0.2, 0.25) is 0 Å². The van der Waals surface area contributed by atoms with E-state index in [2.05, 4.69) is 4.90 Å². The molecule has 0 radical (unpaired) electrons. The Morgan fingerprint density at radius 3 is 2.90 bits per heavy atom. The number of ether oxygens (including phenoxy) is 4. The molecule has 30 heavy (non-hydrogen) atoms. The zero-order valence-corrected chi connectivity index (χ0v) is 17.8.